The van der Waals surface area contributed by atoms with Gasteiger partial charge in [-0.05, 0) is 50.6 Å². The molecule has 0 aliphatic carbocycles. The van der Waals surface area contributed by atoms with Crippen molar-refractivity contribution in [3.63, 3.8) is 0 Å². The van der Waals surface area contributed by atoms with Crippen molar-refractivity contribution < 1.29 is 13.4 Å². The molecule has 2 unspecified atom stereocenters. The summed E-state index contributed by atoms with van der Waals surface area (Å²) in [6.07, 6.45) is 0. The van der Waals surface area contributed by atoms with Crippen molar-refractivity contribution in [2.75, 3.05) is 0 Å². The summed E-state index contributed by atoms with van der Waals surface area (Å²) in [5, 5.41) is -0.715. The minimum Gasteiger partial charge on any atom is -0.293 e. The summed E-state index contributed by atoms with van der Waals surface area (Å²) in [6, 6.07) is 11.2. The Labute approximate surface area is 126 Å². The first-order chi connectivity index (χ1) is 9.90. The van der Waals surface area contributed by atoms with Crippen LogP contribution in [0.5, 0.6) is 0 Å². The molecule has 0 bridgehead atoms. The van der Waals surface area contributed by atoms with Crippen molar-refractivity contribution in [2.45, 2.75) is 30.9 Å². The van der Waals surface area contributed by atoms with Crippen LogP contribution in [0.4, 0.5) is 4.39 Å². The fraction of sp³-hybridized carbons (Fsp3) is 0.235. The average Bonchev–Trinajstić information content (AvgIpc) is 2.47. The van der Waals surface area contributed by atoms with Crippen molar-refractivity contribution in [2.24, 2.45) is 0 Å². The molecule has 2 aromatic carbocycles. The molecule has 0 aliphatic heterocycles. The van der Waals surface area contributed by atoms with Crippen LogP contribution in [-0.2, 0) is 10.8 Å². The Kier molecular flexibility index (Phi) is 4.68. The Morgan fingerprint density at radius 2 is 1.86 bits per heavy atom. The molecule has 2 rings (SSSR count). The van der Waals surface area contributed by atoms with Gasteiger partial charge in [-0.2, -0.15) is 0 Å². The third-order valence-corrected chi connectivity index (χ3v) is 4.95. The molecule has 0 fully saturated rings. The smallest absolute Gasteiger partial charge is 0.178 e. The Hall–Kier alpha value is -1.81. The van der Waals surface area contributed by atoms with Crippen molar-refractivity contribution >= 4 is 16.6 Å². The van der Waals surface area contributed by atoms with E-state index in [0.29, 0.717) is 10.5 Å². The highest BCUT2D eigenvalue weighted by atomic mass is 32.2. The van der Waals surface area contributed by atoms with Gasteiger partial charge < -0.3 is 0 Å². The van der Waals surface area contributed by atoms with E-state index < -0.39 is 21.9 Å². The lowest BCUT2D eigenvalue weighted by Gasteiger charge is -2.13. The fourth-order valence-corrected chi connectivity index (χ4v) is 3.28. The van der Waals surface area contributed by atoms with Crippen molar-refractivity contribution in [1.29, 1.82) is 0 Å². The quantitative estimate of drug-likeness (QED) is 0.805. The van der Waals surface area contributed by atoms with E-state index in [-0.39, 0.29) is 5.78 Å². The van der Waals surface area contributed by atoms with Gasteiger partial charge in [0.2, 0.25) is 0 Å². The third kappa shape index (κ3) is 3.45. The highest BCUT2D eigenvalue weighted by Gasteiger charge is 2.24. The Morgan fingerprint density at radius 3 is 2.52 bits per heavy atom. The highest BCUT2D eigenvalue weighted by molar-refractivity contribution is 7.86. The van der Waals surface area contributed by atoms with E-state index in [2.05, 4.69) is 0 Å². The maximum Gasteiger partial charge on any atom is 0.178 e. The maximum absolute atomic E-state index is 13.2. The molecule has 0 aromatic heterocycles. The predicted molar refractivity (Wildman–Crippen MR) is 82.5 cm³/mol. The molecule has 2 aromatic rings. The summed E-state index contributed by atoms with van der Waals surface area (Å²) in [7, 11) is -1.57. The molecule has 0 aliphatic rings. The second-order valence-corrected chi connectivity index (χ2v) is 6.85. The van der Waals surface area contributed by atoms with E-state index in [9.17, 15) is 13.4 Å². The van der Waals surface area contributed by atoms with Crippen LogP contribution in [0.1, 0.15) is 28.4 Å². The zero-order valence-electron chi connectivity index (χ0n) is 12.2. The first-order valence-electron chi connectivity index (χ1n) is 6.68. The van der Waals surface area contributed by atoms with E-state index in [0.717, 1.165) is 11.1 Å². The number of aryl methyl sites for hydroxylation is 2. The predicted octanol–water partition coefficient (Wildman–Crippen LogP) is 3.82. The molecule has 0 saturated heterocycles. The number of Topliss-reactive ketones (excluding diaryl/α,β-unsaturated/α-hetero) is 1. The molecule has 0 N–H and O–H groups in total. The topological polar surface area (TPSA) is 34.1 Å². The van der Waals surface area contributed by atoms with Gasteiger partial charge in [0.25, 0.3) is 0 Å². The maximum atomic E-state index is 13.2. The van der Waals surface area contributed by atoms with E-state index in [1.807, 2.05) is 26.0 Å². The average molecular weight is 304 g/mol. The van der Waals surface area contributed by atoms with Crippen LogP contribution in [-0.4, -0.2) is 15.2 Å². The van der Waals surface area contributed by atoms with Gasteiger partial charge >= 0.3 is 0 Å². The Balaban J connectivity index is 2.31. The number of benzene rings is 2. The summed E-state index contributed by atoms with van der Waals surface area (Å²) in [5.74, 6) is -0.633. The summed E-state index contributed by atoms with van der Waals surface area (Å²) >= 11 is 0. The van der Waals surface area contributed by atoms with Crippen LogP contribution in [0.2, 0.25) is 0 Å². The first-order valence-corrected chi connectivity index (χ1v) is 7.89. The molecule has 0 heterocycles. The van der Waals surface area contributed by atoms with Crippen molar-refractivity contribution in [1.82, 2.24) is 0 Å². The van der Waals surface area contributed by atoms with Gasteiger partial charge in [-0.15, -0.1) is 0 Å². The third-order valence-electron chi connectivity index (χ3n) is 3.38. The summed E-state index contributed by atoms with van der Waals surface area (Å²) < 4.78 is 25.6. The number of rotatable bonds is 4. The molecule has 2 atom stereocenters. The normalized spacial score (nSPS) is 13.7. The molecule has 4 heteroatoms. The van der Waals surface area contributed by atoms with Gasteiger partial charge in [0.15, 0.2) is 5.78 Å². The van der Waals surface area contributed by atoms with E-state index in [1.54, 1.807) is 19.1 Å². The van der Waals surface area contributed by atoms with E-state index in [4.69, 9.17) is 0 Å². The molecule has 2 nitrogen and oxygen atoms in total. The zero-order chi connectivity index (χ0) is 15.6. The van der Waals surface area contributed by atoms with Crippen LogP contribution >= 0.6 is 0 Å². The van der Waals surface area contributed by atoms with Crippen LogP contribution in [0.3, 0.4) is 0 Å². The van der Waals surface area contributed by atoms with Crippen LogP contribution < -0.4 is 0 Å². The number of hydrogen-bond donors (Lipinski definition) is 0. The first kappa shape index (κ1) is 15.6. The van der Waals surface area contributed by atoms with Crippen molar-refractivity contribution in [3.8, 4) is 0 Å². The molecular formula is C17H17FO2S. The highest BCUT2D eigenvalue weighted by Crippen LogP contribution is 2.19. The lowest BCUT2D eigenvalue weighted by atomic mass is 10.0. The number of ketones is 1. The van der Waals surface area contributed by atoms with Crippen LogP contribution in [0.15, 0.2) is 47.4 Å². The van der Waals surface area contributed by atoms with Gasteiger partial charge in [-0.3, -0.25) is 9.00 Å². The van der Waals surface area contributed by atoms with E-state index >= 15 is 0 Å². The molecule has 21 heavy (non-hydrogen) atoms. The zero-order valence-corrected chi connectivity index (χ0v) is 13.0. The van der Waals surface area contributed by atoms with Gasteiger partial charge in [-0.25, -0.2) is 4.39 Å². The van der Waals surface area contributed by atoms with Gasteiger partial charge in [-0.1, -0.05) is 23.8 Å². The van der Waals surface area contributed by atoms with E-state index in [1.165, 1.54) is 18.2 Å². The SMILES string of the molecule is Cc1ccc(C)c(C(=O)C(C)S(=O)c2cccc(F)c2)c1. The molecule has 0 radical (unpaired) electrons. The monoisotopic (exact) mass is 304 g/mol. The minimum absolute atomic E-state index is 0.182. The molecule has 110 valence electrons. The van der Waals surface area contributed by atoms with Gasteiger partial charge in [0, 0.05) is 10.5 Å². The number of carbonyl (C=O) groups excluding carboxylic acids is 1. The second kappa shape index (κ2) is 6.31. The lowest BCUT2D eigenvalue weighted by Crippen LogP contribution is -2.23. The number of hydrogen-bond acceptors (Lipinski definition) is 2. The lowest BCUT2D eigenvalue weighted by molar-refractivity contribution is 0.0992. The standard InChI is InChI=1S/C17H17FO2S/c1-11-7-8-12(2)16(9-11)17(19)13(3)21(20)15-6-4-5-14(18)10-15/h4-10,13H,1-3H3. The summed E-state index contributed by atoms with van der Waals surface area (Å²) in [5.41, 5.74) is 2.41. The van der Waals surface area contributed by atoms with Crippen molar-refractivity contribution in [3.05, 3.63) is 65.0 Å². The van der Waals surface area contributed by atoms with Crippen LogP contribution in [0.25, 0.3) is 0 Å². The van der Waals surface area contributed by atoms with Crippen LogP contribution in [0, 0.1) is 19.7 Å². The minimum atomic E-state index is -1.57. The second-order valence-electron chi connectivity index (χ2n) is 5.08. The summed E-state index contributed by atoms with van der Waals surface area (Å²) in [6.45, 7) is 5.38. The molecular weight excluding hydrogens is 287 g/mol. The van der Waals surface area contributed by atoms with Gasteiger partial charge in [0.05, 0.1) is 16.0 Å². The molecule has 0 saturated carbocycles. The Morgan fingerprint density at radius 1 is 1.14 bits per heavy atom. The number of halogens is 1. The Bertz CT molecular complexity index is 710. The van der Waals surface area contributed by atoms with Gasteiger partial charge in [0.1, 0.15) is 5.82 Å². The summed E-state index contributed by atoms with van der Waals surface area (Å²) in [4.78, 5) is 12.9. The molecule has 0 spiro atoms. The largest absolute Gasteiger partial charge is 0.293 e. The molecule has 0 amide bonds. The fourth-order valence-electron chi connectivity index (χ4n) is 2.11. The number of carbonyl (C=O) groups is 1.